The first-order valence-electron chi connectivity index (χ1n) is 10.5. The molecular weight excluding hydrogens is 428 g/mol. The van der Waals surface area contributed by atoms with Crippen molar-refractivity contribution in [3.8, 4) is 17.0 Å². The number of carbonyl (C=O) groups excluding carboxylic acids is 1. The number of fused-ring (bicyclic) bond motifs is 1. The summed E-state index contributed by atoms with van der Waals surface area (Å²) in [5.74, 6) is -0.586. The van der Waals surface area contributed by atoms with Crippen LogP contribution in [-0.4, -0.2) is 59.2 Å². The van der Waals surface area contributed by atoms with Crippen molar-refractivity contribution in [3.63, 3.8) is 0 Å². The molecule has 8 heteroatoms. The zero-order chi connectivity index (χ0) is 22.4. The molecule has 0 bridgehead atoms. The second-order valence-corrected chi connectivity index (χ2v) is 8.63. The van der Waals surface area contributed by atoms with E-state index in [1.54, 1.807) is 19.1 Å². The molecule has 0 spiro atoms. The number of rotatable bonds is 4. The van der Waals surface area contributed by atoms with E-state index >= 15 is 0 Å². The minimum Gasteiger partial charge on any atom is -0.494 e. The maximum absolute atomic E-state index is 13.0. The van der Waals surface area contributed by atoms with Gasteiger partial charge in [-0.3, -0.25) is 4.79 Å². The van der Waals surface area contributed by atoms with Crippen LogP contribution in [0, 0.1) is 6.92 Å². The van der Waals surface area contributed by atoms with E-state index in [1.807, 2.05) is 18.2 Å². The van der Waals surface area contributed by atoms with E-state index in [9.17, 15) is 9.90 Å². The van der Waals surface area contributed by atoms with E-state index in [-0.39, 0.29) is 17.2 Å². The molecule has 0 radical (unpaired) electrons. The van der Waals surface area contributed by atoms with Crippen LogP contribution in [0.5, 0.6) is 5.88 Å². The lowest BCUT2D eigenvalue weighted by Crippen LogP contribution is -2.44. The molecule has 1 aliphatic rings. The first kappa shape index (κ1) is 20.6. The predicted octanol–water partition coefficient (Wildman–Crippen LogP) is 4.47. The maximum Gasteiger partial charge on any atom is 0.237 e. The number of hydrogen-bond donors (Lipinski definition) is 2. The molecule has 7 nitrogen and oxygen atoms in total. The summed E-state index contributed by atoms with van der Waals surface area (Å²) in [5.41, 5.74) is 4.20. The predicted molar refractivity (Wildman–Crippen MR) is 125 cm³/mol. The number of aromatic hydroxyl groups is 1. The van der Waals surface area contributed by atoms with Crippen molar-refractivity contribution in [3.05, 3.63) is 64.5 Å². The molecule has 0 unspecified atom stereocenters. The minimum absolute atomic E-state index is 0.0757. The molecule has 0 aliphatic carbocycles. The van der Waals surface area contributed by atoms with Crippen LogP contribution in [0.15, 0.2) is 47.0 Å². The topological polar surface area (TPSA) is 85.6 Å². The van der Waals surface area contributed by atoms with Crippen molar-refractivity contribution in [1.29, 1.82) is 0 Å². The Hall–Kier alpha value is -3.29. The summed E-state index contributed by atoms with van der Waals surface area (Å²) in [6.45, 7) is 5.82. The summed E-state index contributed by atoms with van der Waals surface area (Å²) >= 11 is 6.57. The fourth-order valence-corrected chi connectivity index (χ4v) is 4.44. The molecule has 2 aromatic heterocycles. The number of likely N-dealkylation sites (N-methyl/N-ethyl adjacent to an activating group) is 1. The number of hydrogen-bond acceptors (Lipinski definition) is 6. The number of benzene rings is 2. The van der Waals surface area contributed by atoms with Crippen molar-refractivity contribution < 1.29 is 14.4 Å². The van der Waals surface area contributed by atoms with E-state index in [2.05, 4.69) is 39.1 Å². The van der Waals surface area contributed by atoms with Crippen LogP contribution in [-0.2, 0) is 0 Å². The molecule has 3 heterocycles. The van der Waals surface area contributed by atoms with Crippen molar-refractivity contribution in [1.82, 2.24) is 15.0 Å². The van der Waals surface area contributed by atoms with Gasteiger partial charge in [0, 0.05) is 48.9 Å². The standard InChI is InChI=1S/C24H23ClN4O3/c1-14-11-21(32-27-14)23(30)22-18-12-17(19(25)13-20(18)26-24(22)31)15-3-5-16(6-4-15)29-9-7-28(2)8-10-29/h3-6,11-13,26,31H,7-10H2,1-2H3. The Labute approximate surface area is 190 Å². The van der Waals surface area contributed by atoms with Gasteiger partial charge >= 0.3 is 0 Å². The van der Waals surface area contributed by atoms with E-state index < -0.39 is 5.78 Å². The lowest BCUT2D eigenvalue weighted by atomic mass is 10.00. The molecule has 32 heavy (non-hydrogen) atoms. The Kier molecular flexibility index (Phi) is 5.15. The zero-order valence-corrected chi connectivity index (χ0v) is 18.6. The SMILES string of the molecule is Cc1cc(C(=O)c2c(O)[nH]c3cc(Cl)c(-c4ccc(N5CCN(C)CC5)cc4)cc23)on1. The van der Waals surface area contributed by atoms with Gasteiger partial charge in [-0.15, -0.1) is 0 Å². The molecule has 1 aliphatic heterocycles. The number of aromatic nitrogens is 2. The summed E-state index contributed by atoms with van der Waals surface area (Å²) in [4.78, 5) is 20.5. The molecule has 5 rings (SSSR count). The van der Waals surface area contributed by atoms with Gasteiger partial charge in [0.2, 0.25) is 17.4 Å². The summed E-state index contributed by atoms with van der Waals surface area (Å²) in [5, 5.41) is 15.3. The molecule has 1 fully saturated rings. The number of halogens is 1. The fourth-order valence-electron chi connectivity index (χ4n) is 4.16. The quantitative estimate of drug-likeness (QED) is 0.446. The second-order valence-electron chi connectivity index (χ2n) is 8.23. The summed E-state index contributed by atoms with van der Waals surface area (Å²) in [6, 6.07) is 13.4. The average molecular weight is 451 g/mol. The molecule has 0 amide bonds. The lowest BCUT2D eigenvalue weighted by molar-refractivity contribution is 0.0999. The molecule has 0 atom stereocenters. The highest BCUT2D eigenvalue weighted by Crippen LogP contribution is 2.37. The molecule has 0 saturated carbocycles. The Morgan fingerprint density at radius 2 is 1.84 bits per heavy atom. The van der Waals surface area contributed by atoms with E-state index in [0.29, 0.717) is 21.6 Å². The van der Waals surface area contributed by atoms with Gasteiger partial charge in [0.1, 0.15) is 0 Å². The summed E-state index contributed by atoms with van der Waals surface area (Å²) in [6.07, 6.45) is 0. The highest BCUT2D eigenvalue weighted by Gasteiger charge is 2.24. The fraction of sp³-hybridized carbons (Fsp3) is 0.250. The van der Waals surface area contributed by atoms with Crippen molar-refractivity contribution >= 4 is 34.0 Å². The van der Waals surface area contributed by atoms with Gasteiger partial charge in [-0.25, -0.2) is 0 Å². The van der Waals surface area contributed by atoms with Crippen LogP contribution in [0.3, 0.4) is 0 Å². The monoisotopic (exact) mass is 450 g/mol. The summed E-state index contributed by atoms with van der Waals surface area (Å²) in [7, 11) is 2.14. The van der Waals surface area contributed by atoms with Gasteiger partial charge in [-0.05, 0) is 43.8 Å². The Morgan fingerprint density at radius 1 is 1.12 bits per heavy atom. The van der Waals surface area contributed by atoms with Crippen LogP contribution >= 0.6 is 11.6 Å². The van der Waals surface area contributed by atoms with Gasteiger partial charge in [-0.1, -0.05) is 28.9 Å². The number of aromatic amines is 1. The zero-order valence-electron chi connectivity index (χ0n) is 17.9. The van der Waals surface area contributed by atoms with Crippen LogP contribution in [0.25, 0.3) is 22.0 Å². The molecular formula is C24H23ClN4O3. The van der Waals surface area contributed by atoms with E-state index in [1.165, 1.54) is 5.69 Å². The number of piperazine rings is 1. The van der Waals surface area contributed by atoms with E-state index in [0.717, 1.165) is 37.3 Å². The highest BCUT2D eigenvalue weighted by molar-refractivity contribution is 6.34. The minimum atomic E-state index is -0.437. The molecule has 164 valence electrons. The van der Waals surface area contributed by atoms with Crippen LogP contribution in [0.1, 0.15) is 21.8 Å². The Morgan fingerprint density at radius 3 is 2.50 bits per heavy atom. The highest BCUT2D eigenvalue weighted by atomic mass is 35.5. The molecule has 2 N–H and O–H groups in total. The maximum atomic E-state index is 13.0. The molecule has 1 saturated heterocycles. The molecule has 4 aromatic rings. The van der Waals surface area contributed by atoms with Gasteiger partial charge in [0.15, 0.2) is 0 Å². The number of H-pyrrole nitrogens is 1. The Balaban J connectivity index is 1.52. The third kappa shape index (κ3) is 3.63. The van der Waals surface area contributed by atoms with Gasteiger partial charge in [-0.2, -0.15) is 0 Å². The van der Waals surface area contributed by atoms with Crippen LogP contribution in [0.2, 0.25) is 5.02 Å². The number of aryl methyl sites for hydroxylation is 1. The number of anilines is 1. The normalized spacial score (nSPS) is 14.9. The van der Waals surface area contributed by atoms with Gasteiger partial charge in [0.05, 0.1) is 21.8 Å². The molecule has 2 aromatic carbocycles. The van der Waals surface area contributed by atoms with Gasteiger partial charge < -0.3 is 24.4 Å². The number of ketones is 1. The third-order valence-corrected chi connectivity index (χ3v) is 6.30. The second kappa shape index (κ2) is 8.00. The van der Waals surface area contributed by atoms with Crippen LogP contribution < -0.4 is 4.90 Å². The van der Waals surface area contributed by atoms with Crippen molar-refractivity contribution in [2.45, 2.75) is 6.92 Å². The lowest BCUT2D eigenvalue weighted by Gasteiger charge is -2.34. The Bertz CT molecular complexity index is 1300. The average Bonchev–Trinajstić information content (AvgIpc) is 3.35. The largest absolute Gasteiger partial charge is 0.494 e. The van der Waals surface area contributed by atoms with Crippen molar-refractivity contribution in [2.75, 3.05) is 38.1 Å². The smallest absolute Gasteiger partial charge is 0.237 e. The number of nitrogens with one attached hydrogen (secondary N) is 1. The number of nitrogens with zero attached hydrogens (tertiary/aromatic N) is 3. The first-order valence-corrected chi connectivity index (χ1v) is 10.8. The van der Waals surface area contributed by atoms with E-state index in [4.69, 9.17) is 16.1 Å². The van der Waals surface area contributed by atoms with Gasteiger partial charge in [0.25, 0.3) is 0 Å². The summed E-state index contributed by atoms with van der Waals surface area (Å²) < 4.78 is 5.11. The third-order valence-electron chi connectivity index (χ3n) is 5.99. The van der Waals surface area contributed by atoms with Crippen LogP contribution in [0.4, 0.5) is 5.69 Å². The number of carbonyl (C=O) groups is 1. The van der Waals surface area contributed by atoms with Crippen molar-refractivity contribution in [2.24, 2.45) is 0 Å². The first-order chi connectivity index (χ1) is 15.4.